The highest BCUT2D eigenvalue weighted by Crippen LogP contribution is 2.44. The Kier molecular flexibility index (Phi) is 6.37. The third kappa shape index (κ3) is 4.77. The summed E-state index contributed by atoms with van der Waals surface area (Å²) in [5, 5.41) is 4.87. The summed E-state index contributed by atoms with van der Waals surface area (Å²) in [5.41, 5.74) is 4.80. The van der Waals surface area contributed by atoms with Crippen LogP contribution in [0.5, 0.6) is 11.5 Å². The summed E-state index contributed by atoms with van der Waals surface area (Å²) >= 11 is 0. The van der Waals surface area contributed by atoms with E-state index in [2.05, 4.69) is 9.97 Å². The number of fused-ring (bicyclic) bond motifs is 1. The van der Waals surface area contributed by atoms with Crippen LogP contribution in [0, 0.1) is 12.8 Å². The van der Waals surface area contributed by atoms with Crippen molar-refractivity contribution in [1.29, 1.82) is 0 Å². The van der Waals surface area contributed by atoms with Crippen molar-refractivity contribution in [3.8, 4) is 34.1 Å². The van der Waals surface area contributed by atoms with E-state index in [0.29, 0.717) is 24.3 Å². The summed E-state index contributed by atoms with van der Waals surface area (Å²) in [5.74, 6) is 2.34. The van der Waals surface area contributed by atoms with Crippen molar-refractivity contribution >= 4 is 10.0 Å². The van der Waals surface area contributed by atoms with E-state index in [1.165, 1.54) is 0 Å². The van der Waals surface area contributed by atoms with Crippen molar-refractivity contribution in [1.82, 2.24) is 19.9 Å². The highest BCUT2D eigenvalue weighted by molar-refractivity contribution is 7.89. The standard InChI is InChI=1S/C28H29N5O4S/c1-17-5-4-7-21(31-17)26-25(20-12-13-23-24(15-20)37-16-36-23)32-28(33-26)19-10-8-18(9-11-19)27(38(29,34)35)22-6-2-3-14-30-22/h2-7,12-15,18-19,27H,8-11,16H2,1H3,(H,32,33)(H2,29,34,35). The molecule has 3 aromatic heterocycles. The second kappa shape index (κ2) is 9.85. The van der Waals surface area contributed by atoms with Crippen molar-refractivity contribution in [2.75, 3.05) is 6.79 Å². The van der Waals surface area contributed by atoms with Crippen LogP contribution in [0.2, 0.25) is 0 Å². The maximum Gasteiger partial charge on any atom is 0.231 e. The molecule has 4 aromatic rings. The lowest BCUT2D eigenvalue weighted by Gasteiger charge is -2.31. The highest BCUT2D eigenvalue weighted by atomic mass is 32.2. The van der Waals surface area contributed by atoms with Gasteiger partial charge < -0.3 is 14.5 Å². The molecule has 2 aliphatic rings. The van der Waals surface area contributed by atoms with E-state index in [4.69, 9.17) is 24.6 Å². The number of H-pyrrole nitrogens is 1. The lowest BCUT2D eigenvalue weighted by atomic mass is 9.79. The van der Waals surface area contributed by atoms with Gasteiger partial charge in [-0.15, -0.1) is 0 Å². The molecule has 196 valence electrons. The van der Waals surface area contributed by atoms with Gasteiger partial charge in [0.05, 0.1) is 22.8 Å². The van der Waals surface area contributed by atoms with Gasteiger partial charge in [0, 0.05) is 23.4 Å². The van der Waals surface area contributed by atoms with Crippen molar-refractivity contribution in [3.63, 3.8) is 0 Å². The van der Waals surface area contributed by atoms with Gasteiger partial charge in [0.15, 0.2) is 11.5 Å². The first-order valence-corrected chi connectivity index (χ1v) is 14.3. The minimum absolute atomic E-state index is 0.0997. The fraction of sp³-hybridized carbons (Fsp3) is 0.321. The number of nitrogens with two attached hydrogens (primary N) is 1. The van der Waals surface area contributed by atoms with Crippen LogP contribution in [0.25, 0.3) is 22.6 Å². The lowest BCUT2D eigenvalue weighted by molar-refractivity contribution is 0.174. The van der Waals surface area contributed by atoms with E-state index in [9.17, 15) is 8.42 Å². The van der Waals surface area contributed by atoms with E-state index < -0.39 is 15.3 Å². The lowest BCUT2D eigenvalue weighted by Crippen LogP contribution is -2.31. The Hall–Kier alpha value is -3.76. The number of hydrogen-bond donors (Lipinski definition) is 2. The number of pyridine rings is 2. The molecule has 1 saturated carbocycles. The molecule has 6 rings (SSSR count). The number of primary sulfonamides is 1. The molecule has 1 aliphatic heterocycles. The van der Waals surface area contributed by atoms with Crippen LogP contribution in [-0.2, 0) is 10.0 Å². The van der Waals surface area contributed by atoms with Gasteiger partial charge in [-0.05, 0) is 81.0 Å². The average molecular weight is 532 g/mol. The van der Waals surface area contributed by atoms with E-state index >= 15 is 0 Å². The Balaban J connectivity index is 1.31. The normalized spacial score (nSPS) is 19.8. The zero-order chi connectivity index (χ0) is 26.3. The van der Waals surface area contributed by atoms with Gasteiger partial charge in [0.1, 0.15) is 11.1 Å². The molecule has 0 saturated heterocycles. The number of aromatic amines is 1. The van der Waals surface area contributed by atoms with Crippen molar-refractivity contribution < 1.29 is 17.9 Å². The second-order valence-electron chi connectivity index (χ2n) is 9.95. The molecule has 1 aliphatic carbocycles. The van der Waals surface area contributed by atoms with Crippen LogP contribution in [0.4, 0.5) is 0 Å². The average Bonchev–Trinajstić information content (AvgIpc) is 3.56. The molecule has 0 bridgehead atoms. The summed E-state index contributed by atoms with van der Waals surface area (Å²) in [7, 11) is -3.80. The van der Waals surface area contributed by atoms with Gasteiger partial charge in [0.25, 0.3) is 0 Å². The minimum Gasteiger partial charge on any atom is -0.454 e. The summed E-state index contributed by atoms with van der Waals surface area (Å²) < 4.78 is 36.2. The van der Waals surface area contributed by atoms with Crippen LogP contribution in [-0.4, -0.2) is 35.1 Å². The Labute approximate surface area is 221 Å². The molecular weight excluding hydrogens is 502 g/mol. The Bertz CT molecular complexity index is 1560. The monoisotopic (exact) mass is 531 g/mol. The van der Waals surface area contributed by atoms with Crippen LogP contribution in [0.1, 0.15) is 54.1 Å². The Morgan fingerprint density at radius 3 is 2.53 bits per heavy atom. The number of rotatable bonds is 6. The smallest absolute Gasteiger partial charge is 0.231 e. The quantitative estimate of drug-likeness (QED) is 0.362. The van der Waals surface area contributed by atoms with Crippen LogP contribution in [0.3, 0.4) is 0 Å². The molecule has 1 fully saturated rings. The van der Waals surface area contributed by atoms with Gasteiger partial charge in [0.2, 0.25) is 16.8 Å². The number of nitrogens with one attached hydrogen (secondary N) is 1. The number of ether oxygens (including phenoxy) is 2. The Morgan fingerprint density at radius 2 is 1.79 bits per heavy atom. The minimum atomic E-state index is -3.80. The fourth-order valence-corrected chi connectivity index (χ4v) is 6.91. The van der Waals surface area contributed by atoms with Crippen LogP contribution in [0.15, 0.2) is 60.8 Å². The summed E-state index contributed by atoms with van der Waals surface area (Å²) in [6.07, 6.45) is 4.61. The molecule has 9 nitrogen and oxygen atoms in total. The number of benzene rings is 1. The summed E-state index contributed by atoms with van der Waals surface area (Å²) in [4.78, 5) is 17.7. The van der Waals surface area contributed by atoms with E-state index in [1.807, 2.05) is 43.3 Å². The predicted octanol–water partition coefficient (Wildman–Crippen LogP) is 4.87. The van der Waals surface area contributed by atoms with E-state index in [-0.39, 0.29) is 18.6 Å². The second-order valence-corrected chi connectivity index (χ2v) is 11.6. The topological polar surface area (TPSA) is 133 Å². The van der Waals surface area contributed by atoms with Crippen molar-refractivity contribution in [3.05, 3.63) is 78.0 Å². The van der Waals surface area contributed by atoms with E-state index in [0.717, 1.165) is 52.8 Å². The SMILES string of the molecule is Cc1cccc(-c2[nH]c(C3CCC(C(c4ccccn4)S(N)(=O)=O)CC3)nc2-c2ccc3c(c2)OCO3)n1. The van der Waals surface area contributed by atoms with Gasteiger partial charge in [-0.1, -0.05) is 12.1 Å². The number of imidazole rings is 1. The number of hydrogen-bond acceptors (Lipinski definition) is 7. The van der Waals surface area contributed by atoms with Crippen LogP contribution < -0.4 is 14.6 Å². The van der Waals surface area contributed by atoms with Crippen molar-refractivity contribution in [2.24, 2.45) is 11.1 Å². The number of sulfonamides is 1. The van der Waals surface area contributed by atoms with Crippen LogP contribution >= 0.6 is 0 Å². The molecule has 10 heteroatoms. The predicted molar refractivity (Wildman–Crippen MR) is 143 cm³/mol. The first-order chi connectivity index (χ1) is 18.4. The van der Waals surface area contributed by atoms with Gasteiger partial charge in [-0.2, -0.15) is 0 Å². The number of aromatic nitrogens is 4. The molecule has 1 atom stereocenters. The van der Waals surface area contributed by atoms with Crippen molar-refractivity contribution in [2.45, 2.75) is 43.8 Å². The first kappa shape index (κ1) is 24.6. The maximum absolute atomic E-state index is 12.5. The summed E-state index contributed by atoms with van der Waals surface area (Å²) in [6, 6.07) is 17.1. The molecule has 4 heterocycles. The van der Waals surface area contributed by atoms with Gasteiger partial charge in [-0.25, -0.2) is 18.5 Å². The number of nitrogens with zero attached hydrogens (tertiary/aromatic N) is 3. The molecule has 1 aromatic carbocycles. The molecule has 3 N–H and O–H groups in total. The zero-order valence-electron chi connectivity index (χ0n) is 21.0. The molecule has 0 amide bonds. The van der Waals surface area contributed by atoms with Gasteiger partial charge in [-0.3, -0.25) is 9.97 Å². The Morgan fingerprint density at radius 1 is 0.974 bits per heavy atom. The first-order valence-electron chi connectivity index (χ1n) is 12.7. The third-order valence-corrected chi connectivity index (χ3v) is 8.77. The van der Waals surface area contributed by atoms with Gasteiger partial charge >= 0.3 is 0 Å². The molecule has 1 unspecified atom stereocenters. The fourth-order valence-electron chi connectivity index (χ4n) is 5.62. The van der Waals surface area contributed by atoms with E-state index in [1.54, 1.807) is 24.4 Å². The molecule has 38 heavy (non-hydrogen) atoms. The molecular formula is C28H29N5O4S. The largest absolute Gasteiger partial charge is 0.454 e. The number of aryl methyl sites for hydroxylation is 1. The summed E-state index contributed by atoms with van der Waals surface area (Å²) in [6.45, 7) is 2.17. The third-order valence-electron chi connectivity index (χ3n) is 7.43. The zero-order valence-corrected chi connectivity index (χ0v) is 21.8. The molecule has 0 spiro atoms. The highest BCUT2D eigenvalue weighted by Gasteiger charge is 2.37. The molecule has 0 radical (unpaired) electrons. The maximum atomic E-state index is 12.5.